The van der Waals surface area contributed by atoms with Crippen molar-refractivity contribution in [1.29, 1.82) is 0 Å². The summed E-state index contributed by atoms with van der Waals surface area (Å²) in [6.45, 7) is 1.65. The Labute approximate surface area is 109 Å². The van der Waals surface area contributed by atoms with Gasteiger partial charge in [0.15, 0.2) is 0 Å². The number of benzene rings is 1. The normalized spacial score (nSPS) is 15.9. The highest BCUT2D eigenvalue weighted by Crippen LogP contribution is 2.16. The molecule has 0 aliphatic carbocycles. The molecule has 1 aromatic carbocycles. The minimum atomic E-state index is -0.221. The van der Waals surface area contributed by atoms with E-state index in [1.54, 1.807) is 4.90 Å². The molecule has 0 atom stereocenters. The van der Waals surface area contributed by atoms with E-state index in [-0.39, 0.29) is 6.09 Å². The van der Waals surface area contributed by atoms with Gasteiger partial charge in [0.05, 0.1) is 0 Å². The fourth-order valence-corrected chi connectivity index (χ4v) is 2.10. The van der Waals surface area contributed by atoms with Gasteiger partial charge in [-0.3, -0.25) is 0 Å². The molecule has 16 heavy (non-hydrogen) atoms. The van der Waals surface area contributed by atoms with Crippen LogP contribution in [0.5, 0.6) is 5.75 Å². The van der Waals surface area contributed by atoms with E-state index in [1.807, 2.05) is 24.3 Å². The second-order valence-corrected chi connectivity index (χ2v) is 5.12. The predicted octanol–water partition coefficient (Wildman–Crippen LogP) is 3.28. The van der Waals surface area contributed by atoms with E-state index in [0.717, 1.165) is 29.5 Å². The maximum absolute atomic E-state index is 11.8. The van der Waals surface area contributed by atoms with E-state index >= 15 is 0 Å². The first-order valence-electron chi connectivity index (χ1n) is 5.48. The summed E-state index contributed by atoms with van der Waals surface area (Å²) in [7, 11) is 0. The van der Waals surface area contributed by atoms with Gasteiger partial charge < -0.3 is 9.64 Å². The Hall–Kier alpha value is -0.780. The third-order valence-corrected chi connectivity index (χ3v) is 3.35. The van der Waals surface area contributed by atoms with Crippen LogP contribution in [0.3, 0.4) is 0 Å². The van der Waals surface area contributed by atoms with Gasteiger partial charge in [-0.1, -0.05) is 0 Å². The summed E-state index contributed by atoms with van der Waals surface area (Å²) in [5, 5.41) is 0. The van der Waals surface area contributed by atoms with E-state index in [0.29, 0.717) is 5.75 Å². The SMILES string of the molecule is O=C(Oc1ccc(I)cc1)N1CCCCC1. The van der Waals surface area contributed by atoms with Crippen molar-refractivity contribution < 1.29 is 9.53 Å². The second kappa shape index (κ2) is 5.52. The fourth-order valence-electron chi connectivity index (χ4n) is 1.74. The standard InChI is InChI=1S/C12H14INO2/c13-10-4-6-11(7-5-10)16-12(15)14-8-2-1-3-9-14/h4-7H,1-3,8-9H2. The van der Waals surface area contributed by atoms with E-state index in [4.69, 9.17) is 4.74 Å². The number of halogens is 1. The Morgan fingerprint density at radius 3 is 2.38 bits per heavy atom. The van der Waals surface area contributed by atoms with Crippen molar-refractivity contribution in [3.8, 4) is 5.75 Å². The van der Waals surface area contributed by atoms with Gasteiger partial charge in [-0.05, 0) is 66.1 Å². The fraction of sp³-hybridized carbons (Fsp3) is 0.417. The Morgan fingerprint density at radius 1 is 1.12 bits per heavy atom. The van der Waals surface area contributed by atoms with Gasteiger partial charge in [0.2, 0.25) is 0 Å². The second-order valence-electron chi connectivity index (χ2n) is 3.87. The number of rotatable bonds is 1. The number of carbonyl (C=O) groups excluding carboxylic acids is 1. The van der Waals surface area contributed by atoms with Crippen LogP contribution in [0.1, 0.15) is 19.3 Å². The highest BCUT2D eigenvalue weighted by Gasteiger charge is 2.17. The third-order valence-electron chi connectivity index (χ3n) is 2.63. The predicted molar refractivity (Wildman–Crippen MR) is 70.6 cm³/mol. The van der Waals surface area contributed by atoms with Crippen molar-refractivity contribution in [3.05, 3.63) is 27.8 Å². The molecule has 0 saturated carbocycles. The summed E-state index contributed by atoms with van der Waals surface area (Å²) in [5.74, 6) is 0.621. The van der Waals surface area contributed by atoms with Crippen LogP contribution in [0, 0.1) is 3.57 Å². The number of hydrogen-bond donors (Lipinski definition) is 0. The van der Waals surface area contributed by atoms with Crippen molar-refractivity contribution in [2.24, 2.45) is 0 Å². The van der Waals surface area contributed by atoms with Gasteiger partial charge in [0.1, 0.15) is 5.75 Å². The third kappa shape index (κ3) is 3.10. The van der Waals surface area contributed by atoms with Gasteiger partial charge in [0, 0.05) is 16.7 Å². The summed E-state index contributed by atoms with van der Waals surface area (Å²) in [4.78, 5) is 13.5. The first-order valence-corrected chi connectivity index (χ1v) is 6.56. The molecule has 0 radical (unpaired) electrons. The van der Waals surface area contributed by atoms with E-state index in [1.165, 1.54) is 6.42 Å². The number of carbonyl (C=O) groups is 1. The molecular formula is C12H14INO2. The average Bonchev–Trinajstić information content (AvgIpc) is 2.33. The molecule has 1 saturated heterocycles. The monoisotopic (exact) mass is 331 g/mol. The van der Waals surface area contributed by atoms with Gasteiger partial charge in [-0.2, -0.15) is 0 Å². The quantitative estimate of drug-likeness (QED) is 0.739. The lowest BCUT2D eigenvalue weighted by molar-refractivity contribution is 0.142. The average molecular weight is 331 g/mol. The summed E-state index contributed by atoms with van der Waals surface area (Å²) < 4.78 is 6.43. The van der Waals surface area contributed by atoms with Gasteiger partial charge >= 0.3 is 6.09 Å². The topological polar surface area (TPSA) is 29.5 Å². The van der Waals surface area contributed by atoms with Crippen molar-refractivity contribution in [2.75, 3.05) is 13.1 Å². The number of amides is 1. The summed E-state index contributed by atoms with van der Waals surface area (Å²) in [5.41, 5.74) is 0. The Morgan fingerprint density at radius 2 is 1.75 bits per heavy atom. The van der Waals surface area contributed by atoms with Crippen molar-refractivity contribution in [2.45, 2.75) is 19.3 Å². The highest BCUT2D eigenvalue weighted by molar-refractivity contribution is 14.1. The minimum Gasteiger partial charge on any atom is -0.410 e. The van der Waals surface area contributed by atoms with Crippen molar-refractivity contribution >= 4 is 28.7 Å². The molecule has 0 bridgehead atoms. The molecule has 1 aromatic rings. The summed E-state index contributed by atoms with van der Waals surface area (Å²) in [6.07, 6.45) is 3.16. The van der Waals surface area contributed by atoms with E-state index in [2.05, 4.69) is 22.6 Å². The molecule has 1 heterocycles. The highest BCUT2D eigenvalue weighted by atomic mass is 127. The molecule has 1 fully saturated rings. The van der Waals surface area contributed by atoms with Crippen LogP contribution in [0.2, 0.25) is 0 Å². The number of nitrogens with zero attached hydrogens (tertiary/aromatic N) is 1. The number of ether oxygens (including phenoxy) is 1. The molecule has 0 unspecified atom stereocenters. The minimum absolute atomic E-state index is 0.221. The molecule has 1 aliphatic rings. The van der Waals surface area contributed by atoms with Gasteiger partial charge in [-0.15, -0.1) is 0 Å². The van der Waals surface area contributed by atoms with Crippen LogP contribution in [0.15, 0.2) is 24.3 Å². The molecule has 1 amide bonds. The summed E-state index contributed by atoms with van der Waals surface area (Å²) in [6, 6.07) is 7.51. The smallest absolute Gasteiger partial charge is 0.410 e. The molecule has 0 spiro atoms. The molecule has 86 valence electrons. The van der Waals surface area contributed by atoms with Crippen LogP contribution in [0.4, 0.5) is 4.79 Å². The lowest BCUT2D eigenvalue weighted by atomic mass is 10.1. The number of hydrogen-bond acceptors (Lipinski definition) is 2. The largest absolute Gasteiger partial charge is 0.415 e. The summed E-state index contributed by atoms with van der Waals surface area (Å²) >= 11 is 2.22. The molecule has 1 aliphatic heterocycles. The zero-order valence-corrected chi connectivity index (χ0v) is 11.1. The molecule has 4 heteroatoms. The Bertz CT molecular complexity index is 358. The Balaban J connectivity index is 1.93. The van der Waals surface area contributed by atoms with Crippen LogP contribution in [-0.2, 0) is 0 Å². The molecule has 2 rings (SSSR count). The number of likely N-dealkylation sites (tertiary alicyclic amines) is 1. The lowest BCUT2D eigenvalue weighted by Crippen LogP contribution is -2.37. The van der Waals surface area contributed by atoms with Gasteiger partial charge in [-0.25, -0.2) is 4.79 Å². The first kappa shape index (κ1) is 11.7. The zero-order chi connectivity index (χ0) is 11.4. The number of piperidine rings is 1. The van der Waals surface area contributed by atoms with E-state index < -0.39 is 0 Å². The van der Waals surface area contributed by atoms with Crippen LogP contribution in [0.25, 0.3) is 0 Å². The van der Waals surface area contributed by atoms with Crippen molar-refractivity contribution in [3.63, 3.8) is 0 Å². The maximum Gasteiger partial charge on any atom is 0.415 e. The molecular weight excluding hydrogens is 317 g/mol. The first-order chi connectivity index (χ1) is 7.75. The van der Waals surface area contributed by atoms with E-state index in [9.17, 15) is 4.79 Å². The molecule has 0 N–H and O–H groups in total. The lowest BCUT2D eigenvalue weighted by Gasteiger charge is -2.25. The van der Waals surface area contributed by atoms with Crippen LogP contribution < -0.4 is 4.74 Å². The molecule has 0 aromatic heterocycles. The van der Waals surface area contributed by atoms with Gasteiger partial charge in [0.25, 0.3) is 0 Å². The Kier molecular flexibility index (Phi) is 4.04. The van der Waals surface area contributed by atoms with Crippen molar-refractivity contribution in [1.82, 2.24) is 4.90 Å². The van der Waals surface area contributed by atoms with Crippen LogP contribution in [-0.4, -0.2) is 24.1 Å². The van der Waals surface area contributed by atoms with Crippen LogP contribution >= 0.6 is 22.6 Å². The molecule has 3 nitrogen and oxygen atoms in total. The maximum atomic E-state index is 11.8. The zero-order valence-electron chi connectivity index (χ0n) is 8.99.